The van der Waals surface area contributed by atoms with Gasteiger partial charge >= 0.3 is 5.97 Å². The van der Waals surface area contributed by atoms with Gasteiger partial charge in [-0.15, -0.1) is 0 Å². The van der Waals surface area contributed by atoms with Gasteiger partial charge in [-0.25, -0.2) is 9.78 Å². The highest BCUT2D eigenvalue weighted by atomic mass is 16.4. The number of nitrogens with zero attached hydrogens (tertiary/aromatic N) is 2. The number of carbonyl (C=O) groups excluding carboxylic acids is 1. The molecule has 7 nitrogen and oxygen atoms in total. The first-order chi connectivity index (χ1) is 14.0. The van der Waals surface area contributed by atoms with E-state index in [1.807, 2.05) is 0 Å². The number of fused-ring (bicyclic) bond motifs is 2. The average molecular weight is 391 g/mol. The molecule has 7 heteroatoms. The number of carboxylic acid groups (broad SMARTS) is 1. The fourth-order valence-corrected chi connectivity index (χ4v) is 3.71. The molecule has 1 amide bonds. The van der Waals surface area contributed by atoms with Gasteiger partial charge in [0.25, 0.3) is 11.5 Å². The van der Waals surface area contributed by atoms with Gasteiger partial charge in [-0.1, -0.05) is 36.8 Å². The summed E-state index contributed by atoms with van der Waals surface area (Å²) in [4.78, 5) is 41.8. The first-order valence-corrected chi connectivity index (χ1v) is 9.66. The SMILES string of the molecule is O=C(N[C@H](C(=O)O)c1ccccc1)c1ccc2c(=O)n3c(nc2c1)CCCCC3. The number of aliphatic carboxylic acids is 1. The van der Waals surface area contributed by atoms with Crippen molar-refractivity contribution >= 4 is 22.8 Å². The van der Waals surface area contributed by atoms with Gasteiger partial charge in [0.2, 0.25) is 0 Å². The summed E-state index contributed by atoms with van der Waals surface area (Å²) in [7, 11) is 0. The molecule has 1 aliphatic heterocycles. The van der Waals surface area contributed by atoms with E-state index in [9.17, 15) is 19.5 Å². The van der Waals surface area contributed by atoms with Gasteiger partial charge in [0, 0.05) is 18.5 Å². The van der Waals surface area contributed by atoms with Crippen molar-refractivity contribution in [2.45, 2.75) is 38.3 Å². The van der Waals surface area contributed by atoms with E-state index in [2.05, 4.69) is 10.3 Å². The summed E-state index contributed by atoms with van der Waals surface area (Å²) in [6, 6.07) is 12.0. The molecule has 4 rings (SSSR count). The van der Waals surface area contributed by atoms with E-state index in [0.717, 1.165) is 31.5 Å². The van der Waals surface area contributed by atoms with Crippen LogP contribution in [-0.2, 0) is 17.8 Å². The molecule has 0 aliphatic carbocycles. The van der Waals surface area contributed by atoms with Gasteiger partial charge in [0.1, 0.15) is 5.82 Å². The van der Waals surface area contributed by atoms with Gasteiger partial charge in [0.05, 0.1) is 10.9 Å². The van der Waals surface area contributed by atoms with E-state index >= 15 is 0 Å². The number of amides is 1. The lowest BCUT2D eigenvalue weighted by Gasteiger charge is -2.15. The molecule has 2 aromatic carbocycles. The number of aryl methyl sites for hydroxylation is 1. The Labute approximate surface area is 167 Å². The largest absolute Gasteiger partial charge is 0.479 e. The van der Waals surface area contributed by atoms with Crippen LogP contribution in [0.25, 0.3) is 10.9 Å². The van der Waals surface area contributed by atoms with Crippen LogP contribution < -0.4 is 10.9 Å². The lowest BCUT2D eigenvalue weighted by Crippen LogP contribution is -2.33. The summed E-state index contributed by atoms with van der Waals surface area (Å²) >= 11 is 0. The number of benzene rings is 2. The molecule has 3 aromatic rings. The maximum atomic E-state index is 12.8. The second-order valence-corrected chi connectivity index (χ2v) is 7.18. The predicted octanol–water partition coefficient (Wildman–Crippen LogP) is 2.68. The molecule has 2 N–H and O–H groups in total. The Morgan fingerprint density at radius 1 is 1.07 bits per heavy atom. The minimum Gasteiger partial charge on any atom is -0.479 e. The third-order valence-electron chi connectivity index (χ3n) is 5.23. The van der Waals surface area contributed by atoms with Crippen LogP contribution in [0.4, 0.5) is 0 Å². The highest BCUT2D eigenvalue weighted by Gasteiger charge is 2.23. The monoisotopic (exact) mass is 391 g/mol. The van der Waals surface area contributed by atoms with E-state index < -0.39 is 17.9 Å². The number of carboxylic acids is 1. The first-order valence-electron chi connectivity index (χ1n) is 9.66. The Morgan fingerprint density at radius 2 is 1.86 bits per heavy atom. The number of rotatable bonds is 4. The van der Waals surface area contributed by atoms with Crippen molar-refractivity contribution in [1.29, 1.82) is 0 Å². The lowest BCUT2D eigenvalue weighted by molar-refractivity contribution is -0.139. The van der Waals surface area contributed by atoms with E-state index in [1.54, 1.807) is 47.0 Å². The molecule has 0 saturated carbocycles. The Hall–Kier alpha value is -3.48. The first kappa shape index (κ1) is 18.9. The van der Waals surface area contributed by atoms with Gasteiger partial charge in [-0.2, -0.15) is 0 Å². The van der Waals surface area contributed by atoms with E-state index in [-0.39, 0.29) is 11.1 Å². The minimum atomic E-state index is -1.16. The van der Waals surface area contributed by atoms with Crippen molar-refractivity contribution in [1.82, 2.24) is 14.9 Å². The van der Waals surface area contributed by atoms with Crippen LogP contribution in [0.2, 0.25) is 0 Å². The zero-order valence-electron chi connectivity index (χ0n) is 15.8. The van der Waals surface area contributed by atoms with Crippen molar-refractivity contribution in [2.24, 2.45) is 0 Å². The van der Waals surface area contributed by atoms with Crippen LogP contribution in [-0.4, -0.2) is 26.5 Å². The highest BCUT2D eigenvalue weighted by Crippen LogP contribution is 2.18. The van der Waals surface area contributed by atoms with Crippen molar-refractivity contribution in [2.75, 3.05) is 0 Å². The summed E-state index contributed by atoms with van der Waals surface area (Å²) in [5, 5.41) is 12.5. The average Bonchev–Trinajstić information content (AvgIpc) is 2.97. The van der Waals surface area contributed by atoms with Crippen LogP contribution in [0.5, 0.6) is 0 Å². The molecule has 0 radical (unpaired) electrons. The normalized spacial score (nSPS) is 14.6. The quantitative estimate of drug-likeness (QED) is 0.712. The minimum absolute atomic E-state index is 0.0912. The molecule has 29 heavy (non-hydrogen) atoms. The molecule has 2 heterocycles. The van der Waals surface area contributed by atoms with Crippen molar-refractivity contribution in [3.63, 3.8) is 0 Å². The topological polar surface area (TPSA) is 101 Å². The third-order valence-corrected chi connectivity index (χ3v) is 5.23. The standard InChI is InChI=1S/C22H21N3O4/c26-20(24-19(22(28)29)14-7-3-1-4-8-14)15-10-11-16-17(13-15)23-18-9-5-2-6-12-25(18)21(16)27/h1,3-4,7-8,10-11,13,19H,2,5-6,9,12H2,(H,24,26)(H,28,29)/t19-/m0/s1. The van der Waals surface area contributed by atoms with Gasteiger partial charge < -0.3 is 10.4 Å². The van der Waals surface area contributed by atoms with Gasteiger partial charge in [-0.05, 0) is 36.6 Å². The predicted molar refractivity (Wildman–Crippen MR) is 108 cm³/mol. The van der Waals surface area contributed by atoms with Crippen LogP contribution in [0.3, 0.4) is 0 Å². The Balaban J connectivity index is 1.68. The second kappa shape index (κ2) is 7.87. The van der Waals surface area contributed by atoms with E-state index in [4.69, 9.17) is 0 Å². The Morgan fingerprint density at radius 3 is 2.62 bits per heavy atom. The molecule has 148 valence electrons. The molecular formula is C22H21N3O4. The lowest BCUT2D eigenvalue weighted by atomic mass is 10.1. The highest BCUT2D eigenvalue weighted by molar-refractivity contribution is 5.99. The third kappa shape index (κ3) is 3.76. The molecule has 0 fully saturated rings. The number of hydrogen-bond donors (Lipinski definition) is 2. The number of hydrogen-bond acceptors (Lipinski definition) is 4. The van der Waals surface area contributed by atoms with Crippen LogP contribution in [0.1, 0.15) is 47.1 Å². The van der Waals surface area contributed by atoms with Gasteiger partial charge in [0.15, 0.2) is 6.04 Å². The molecule has 1 aliphatic rings. The maximum Gasteiger partial charge on any atom is 0.330 e. The summed E-state index contributed by atoms with van der Waals surface area (Å²) < 4.78 is 1.73. The Kier molecular flexibility index (Phi) is 5.12. The van der Waals surface area contributed by atoms with E-state index in [1.165, 1.54) is 6.07 Å². The molecule has 1 aromatic heterocycles. The van der Waals surface area contributed by atoms with Crippen molar-refractivity contribution in [3.8, 4) is 0 Å². The number of aromatic nitrogens is 2. The van der Waals surface area contributed by atoms with Crippen LogP contribution in [0.15, 0.2) is 53.3 Å². The smallest absolute Gasteiger partial charge is 0.330 e. The summed E-state index contributed by atoms with van der Waals surface area (Å²) in [5.41, 5.74) is 1.12. The summed E-state index contributed by atoms with van der Waals surface area (Å²) in [6.07, 6.45) is 3.73. The zero-order chi connectivity index (χ0) is 20.4. The fraction of sp³-hybridized carbons (Fsp3) is 0.273. The summed E-state index contributed by atoms with van der Waals surface area (Å²) in [6.45, 7) is 0.663. The van der Waals surface area contributed by atoms with Crippen LogP contribution in [0, 0.1) is 0 Å². The zero-order valence-corrected chi connectivity index (χ0v) is 15.8. The molecule has 0 bridgehead atoms. The fourth-order valence-electron chi connectivity index (χ4n) is 3.71. The van der Waals surface area contributed by atoms with Gasteiger partial charge in [-0.3, -0.25) is 14.2 Å². The Bertz CT molecular complexity index is 1140. The molecule has 0 spiro atoms. The van der Waals surface area contributed by atoms with Crippen molar-refractivity contribution < 1.29 is 14.7 Å². The summed E-state index contributed by atoms with van der Waals surface area (Å²) in [5.74, 6) is -0.933. The molecule has 0 saturated heterocycles. The molecular weight excluding hydrogens is 370 g/mol. The number of nitrogens with one attached hydrogen (secondary N) is 1. The molecule has 0 unspecified atom stereocenters. The maximum absolute atomic E-state index is 12.8. The number of carbonyl (C=O) groups is 2. The van der Waals surface area contributed by atoms with E-state index in [0.29, 0.717) is 23.0 Å². The molecule has 1 atom stereocenters. The van der Waals surface area contributed by atoms with Crippen LogP contribution >= 0.6 is 0 Å². The second-order valence-electron chi connectivity index (χ2n) is 7.18. The van der Waals surface area contributed by atoms with Crippen molar-refractivity contribution in [3.05, 3.63) is 75.8 Å².